The van der Waals surface area contributed by atoms with E-state index in [1.807, 2.05) is 32.0 Å². The van der Waals surface area contributed by atoms with Gasteiger partial charge in [-0.25, -0.2) is 0 Å². The molecule has 140 valence electrons. The normalized spacial score (nSPS) is 15.8. The van der Waals surface area contributed by atoms with E-state index in [2.05, 4.69) is 15.9 Å². The first-order chi connectivity index (χ1) is 11.8. The topological polar surface area (TPSA) is 94.8 Å². The van der Waals surface area contributed by atoms with Crippen LogP contribution in [0.25, 0.3) is 0 Å². The third-order valence-electron chi connectivity index (χ3n) is 4.78. The van der Waals surface area contributed by atoms with E-state index in [1.54, 1.807) is 0 Å². The van der Waals surface area contributed by atoms with Crippen molar-refractivity contribution in [1.29, 1.82) is 0 Å². The summed E-state index contributed by atoms with van der Waals surface area (Å²) in [5, 5.41) is 26.0. The predicted molar refractivity (Wildman–Crippen MR) is 99.5 cm³/mol. The molecule has 1 aliphatic rings. The molecule has 0 bridgehead atoms. The number of rotatable bonds is 5. The molecule has 0 radical (unpaired) electrons. The third kappa shape index (κ3) is 6.29. The fourth-order valence-corrected chi connectivity index (χ4v) is 3.12. The van der Waals surface area contributed by atoms with Crippen LogP contribution < -0.4 is 0 Å². The molecule has 0 aliphatic heterocycles. The van der Waals surface area contributed by atoms with Gasteiger partial charge >= 0.3 is 0 Å². The summed E-state index contributed by atoms with van der Waals surface area (Å²) >= 11 is 3.42. The fraction of sp³-hybridized carbons (Fsp3) is 0.579. The summed E-state index contributed by atoms with van der Waals surface area (Å²) in [4.78, 5) is 22.8. The van der Waals surface area contributed by atoms with Crippen LogP contribution in [0.3, 0.4) is 0 Å². The molecule has 1 aromatic rings. The van der Waals surface area contributed by atoms with Crippen LogP contribution in [0.4, 0.5) is 0 Å². The van der Waals surface area contributed by atoms with E-state index >= 15 is 0 Å². The molecule has 5 nitrogen and oxygen atoms in total. The molecule has 6 heteroatoms. The summed E-state index contributed by atoms with van der Waals surface area (Å²) in [5.41, 5.74) is 1.60. The zero-order chi connectivity index (χ0) is 19.0. The van der Waals surface area contributed by atoms with E-state index in [1.165, 1.54) is 0 Å². The molecule has 2 rings (SSSR count). The van der Waals surface area contributed by atoms with Crippen molar-refractivity contribution < 1.29 is 24.9 Å². The van der Waals surface area contributed by atoms with Crippen LogP contribution in [0.15, 0.2) is 22.7 Å². The number of hydrogen-bond acceptors (Lipinski definition) is 5. The van der Waals surface area contributed by atoms with Gasteiger partial charge in [0.15, 0.2) is 0 Å². The Bertz CT molecular complexity index is 562. The number of carbonyl (C=O) groups excluding carboxylic acids is 2. The van der Waals surface area contributed by atoms with Crippen molar-refractivity contribution in [2.24, 2.45) is 5.41 Å². The van der Waals surface area contributed by atoms with Crippen LogP contribution in [-0.4, -0.2) is 46.7 Å². The molecule has 0 amide bonds. The molecule has 0 aromatic heterocycles. The second-order valence-corrected chi connectivity index (χ2v) is 7.60. The molecule has 25 heavy (non-hydrogen) atoms. The Morgan fingerprint density at radius 1 is 1.08 bits per heavy atom. The number of Topliss-reactive ketones (excluding diaryl/α,β-unsaturated/α-hetero) is 2. The van der Waals surface area contributed by atoms with Crippen molar-refractivity contribution in [1.82, 2.24) is 0 Å². The number of aliphatic hydroxyl groups is 3. The SMILES string of the molecule is CCC(CO)(CO)CO.Cc1ccc(Br)cc1C1CC(=O)CC(=O)C1. The minimum atomic E-state index is -0.667. The summed E-state index contributed by atoms with van der Waals surface area (Å²) in [6, 6.07) is 6.01. The molecule has 1 fully saturated rings. The molecule has 0 saturated heterocycles. The van der Waals surface area contributed by atoms with Crippen LogP contribution in [0.5, 0.6) is 0 Å². The van der Waals surface area contributed by atoms with Crippen LogP contribution in [0.1, 0.15) is 49.7 Å². The van der Waals surface area contributed by atoms with Gasteiger partial charge in [0.05, 0.1) is 26.2 Å². The zero-order valence-electron chi connectivity index (χ0n) is 14.8. The lowest BCUT2D eigenvalue weighted by Crippen LogP contribution is -2.32. The first kappa shape index (κ1) is 22.0. The molecule has 1 aliphatic carbocycles. The van der Waals surface area contributed by atoms with Gasteiger partial charge in [0.2, 0.25) is 0 Å². The first-order valence-electron chi connectivity index (χ1n) is 8.42. The van der Waals surface area contributed by atoms with Crippen LogP contribution in [-0.2, 0) is 9.59 Å². The number of ketones is 2. The molecular formula is C19H27BrO5. The summed E-state index contributed by atoms with van der Waals surface area (Å²) in [6.45, 7) is 3.37. The van der Waals surface area contributed by atoms with E-state index in [-0.39, 0.29) is 43.7 Å². The quantitative estimate of drug-likeness (QED) is 0.643. The monoisotopic (exact) mass is 414 g/mol. The molecular weight excluding hydrogens is 388 g/mol. The van der Waals surface area contributed by atoms with Gasteiger partial charge in [-0.3, -0.25) is 9.59 Å². The van der Waals surface area contributed by atoms with Crippen molar-refractivity contribution in [3.63, 3.8) is 0 Å². The number of benzene rings is 1. The summed E-state index contributed by atoms with van der Waals surface area (Å²) < 4.78 is 0.999. The first-order valence-corrected chi connectivity index (χ1v) is 9.22. The van der Waals surface area contributed by atoms with Gasteiger partial charge in [-0.1, -0.05) is 28.9 Å². The molecule has 1 aromatic carbocycles. The van der Waals surface area contributed by atoms with Crippen LogP contribution in [0.2, 0.25) is 0 Å². The zero-order valence-corrected chi connectivity index (χ0v) is 16.4. The van der Waals surface area contributed by atoms with E-state index in [4.69, 9.17) is 15.3 Å². The van der Waals surface area contributed by atoms with Crippen molar-refractivity contribution in [3.8, 4) is 0 Å². The van der Waals surface area contributed by atoms with E-state index in [0.717, 1.165) is 15.6 Å². The largest absolute Gasteiger partial charge is 0.396 e. The number of carbonyl (C=O) groups is 2. The lowest BCUT2D eigenvalue weighted by molar-refractivity contribution is -0.130. The van der Waals surface area contributed by atoms with Gasteiger partial charge < -0.3 is 15.3 Å². The van der Waals surface area contributed by atoms with Gasteiger partial charge in [-0.05, 0) is 42.5 Å². The van der Waals surface area contributed by atoms with Crippen LogP contribution >= 0.6 is 15.9 Å². The average molecular weight is 415 g/mol. The maximum Gasteiger partial charge on any atom is 0.140 e. The van der Waals surface area contributed by atoms with Crippen molar-refractivity contribution >= 4 is 27.5 Å². The standard InChI is InChI=1S/C13H13BrO2.C6H14O3/c1-8-2-3-10(14)6-13(8)9-4-11(15)7-12(16)5-9;1-2-6(3-7,4-8)5-9/h2-3,6,9H,4-5,7H2,1H3;7-9H,2-5H2,1H3. The van der Waals surface area contributed by atoms with Gasteiger partial charge in [0, 0.05) is 22.7 Å². The van der Waals surface area contributed by atoms with Gasteiger partial charge in [-0.15, -0.1) is 0 Å². The lowest BCUT2D eigenvalue weighted by atomic mass is 9.81. The maximum absolute atomic E-state index is 11.4. The van der Waals surface area contributed by atoms with Gasteiger partial charge in [0.25, 0.3) is 0 Å². The van der Waals surface area contributed by atoms with E-state index in [0.29, 0.717) is 19.3 Å². The van der Waals surface area contributed by atoms with E-state index < -0.39 is 5.41 Å². The minimum Gasteiger partial charge on any atom is -0.396 e. The molecule has 0 atom stereocenters. The minimum absolute atomic E-state index is 0.0700. The Morgan fingerprint density at radius 3 is 2.00 bits per heavy atom. The second kappa shape index (κ2) is 10.2. The number of aryl methyl sites for hydroxylation is 1. The molecule has 0 spiro atoms. The average Bonchev–Trinajstić information content (AvgIpc) is 2.59. The number of hydrogen-bond donors (Lipinski definition) is 3. The second-order valence-electron chi connectivity index (χ2n) is 6.69. The van der Waals surface area contributed by atoms with Crippen LogP contribution in [0, 0.1) is 12.3 Å². The summed E-state index contributed by atoms with van der Waals surface area (Å²) in [5.74, 6) is 0.215. The van der Waals surface area contributed by atoms with E-state index in [9.17, 15) is 9.59 Å². The highest BCUT2D eigenvalue weighted by molar-refractivity contribution is 9.10. The highest BCUT2D eigenvalue weighted by Gasteiger charge is 2.27. The Balaban J connectivity index is 0.000000299. The maximum atomic E-state index is 11.4. The van der Waals surface area contributed by atoms with Crippen molar-refractivity contribution in [3.05, 3.63) is 33.8 Å². The third-order valence-corrected chi connectivity index (χ3v) is 5.27. The highest BCUT2D eigenvalue weighted by Crippen LogP contribution is 2.32. The number of halogens is 1. The highest BCUT2D eigenvalue weighted by atomic mass is 79.9. The Morgan fingerprint density at radius 2 is 1.60 bits per heavy atom. The Hall–Kier alpha value is -1.08. The molecule has 1 saturated carbocycles. The van der Waals surface area contributed by atoms with Crippen molar-refractivity contribution in [2.45, 2.75) is 45.4 Å². The van der Waals surface area contributed by atoms with Gasteiger partial charge in [0.1, 0.15) is 11.6 Å². The predicted octanol–water partition coefficient (Wildman–Crippen LogP) is 2.52. The lowest BCUT2D eigenvalue weighted by Gasteiger charge is -2.24. The molecule has 0 unspecified atom stereocenters. The summed E-state index contributed by atoms with van der Waals surface area (Å²) in [7, 11) is 0. The smallest absolute Gasteiger partial charge is 0.140 e. The van der Waals surface area contributed by atoms with Crippen molar-refractivity contribution in [2.75, 3.05) is 19.8 Å². The molecule has 3 N–H and O–H groups in total. The number of aliphatic hydroxyl groups excluding tert-OH is 3. The summed E-state index contributed by atoms with van der Waals surface area (Å²) in [6.07, 6.45) is 1.73. The molecule has 0 heterocycles. The van der Waals surface area contributed by atoms with Gasteiger partial charge in [-0.2, -0.15) is 0 Å². The Labute approximate surface area is 157 Å². The Kier molecular flexibility index (Phi) is 8.93. The fourth-order valence-electron chi connectivity index (χ4n) is 2.74.